The molecule has 5 nitrogen and oxygen atoms in total. The topological polar surface area (TPSA) is 70.8 Å². The maximum absolute atomic E-state index is 8.71. The Morgan fingerprint density at radius 3 is 2.54 bits per heavy atom. The van der Waals surface area contributed by atoms with E-state index in [2.05, 4.69) is 45.6 Å². The van der Waals surface area contributed by atoms with Crippen molar-refractivity contribution in [2.45, 2.75) is 6.54 Å². The Balaban J connectivity index is 1.66. The molecule has 0 saturated carbocycles. The van der Waals surface area contributed by atoms with Gasteiger partial charge in [-0.25, -0.2) is 9.97 Å². The lowest BCUT2D eigenvalue weighted by molar-refractivity contribution is 0.415. The van der Waals surface area contributed by atoms with E-state index in [1.165, 1.54) is 6.20 Å². The predicted octanol–water partition coefficient (Wildman–Crippen LogP) is 3.64. The van der Waals surface area contributed by atoms with Gasteiger partial charge in [-0.15, -0.1) is 0 Å². The monoisotopic (exact) mass is 316 g/mol. The third kappa shape index (κ3) is 3.68. The third-order valence-electron chi connectivity index (χ3n) is 3.60. The van der Waals surface area contributed by atoms with Gasteiger partial charge < -0.3 is 10.1 Å². The number of anilines is 1. The number of benzene rings is 2. The van der Waals surface area contributed by atoms with Crippen molar-refractivity contribution in [3.05, 3.63) is 72.2 Å². The Bertz CT molecular complexity index is 852. The Morgan fingerprint density at radius 2 is 1.88 bits per heavy atom. The summed E-state index contributed by atoms with van der Waals surface area (Å²) in [6, 6.07) is 18.2. The number of nitrogens with zero attached hydrogens (tertiary/aromatic N) is 3. The van der Waals surface area contributed by atoms with Gasteiger partial charge in [-0.2, -0.15) is 5.26 Å². The zero-order valence-corrected chi connectivity index (χ0v) is 13.2. The van der Waals surface area contributed by atoms with Crippen LogP contribution in [0.5, 0.6) is 5.75 Å². The fourth-order valence-electron chi connectivity index (χ4n) is 2.29. The minimum Gasteiger partial charge on any atom is -0.497 e. The summed E-state index contributed by atoms with van der Waals surface area (Å²) in [5.41, 5.74) is 3.69. The lowest BCUT2D eigenvalue weighted by Crippen LogP contribution is -2.02. The number of aromatic nitrogens is 2. The molecule has 0 spiro atoms. The summed E-state index contributed by atoms with van der Waals surface area (Å²) in [6.07, 6.45) is 3.01. The van der Waals surface area contributed by atoms with Crippen LogP contribution >= 0.6 is 0 Å². The molecule has 2 aromatic carbocycles. The van der Waals surface area contributed by atoms with Crippen LogP contribution in [0.15, 0.2) is 60.9 Å². The van der Waals surface area contributed by atoms with E-state index in [-0.39, 0.29) is 0 Å². The van der Waals surface area contributed by atoms with Crippen molar-refractivity contribution in [1.82, 2.24) is 9.97 Å². The average Bonchev–Trinajstić information content (AvgIpc) is 2.67. The minimum atomic E-state index is 0.309. The van der Waals surface area contributed by atoms with Crippen LogP contribution in [-0.4, -0.2) is 17.1 Å². The molecule has 1 N–H and O–H groups in total. The summed E-state index contributed by atoms with van der Waals surface area (Å²) in [5, 5.41) is 11.9. The van der Waals surface area contributed by atoms with Gasteiger partial charge in [0.1, 0.15) is 17.6 Å². The van der Waals surface area contributed by atoms with Crippen molar-refractivity contribution < 1.29 is 4.74 Å². The summed E-state index contributed by atoms with van der Waals surface area (Å²) >= 11 is 0. The first-order valence-electron chi connectivity index (χ1n) is 7.48. The van der Waals surface area contributed by atoms with Gasteiger partial charge in [0.25, 0.3) is 0 Å². The van der Waals surface area contributed by atoms with Gasteiger partial charge in [-0.1, -0.05) is 36.4 Å². The first kappa shape index (κ1) is 15.5. The zero-order chi connectivity index (χ0) is 16.8. The molecule has 0 fully saturated rings. The van der Waals surface area contributed by atoms with Crippen LogP contribution < -0.4 is 10.1 Å². The van der Waals surface area contributed by atoms with E-state index in [1.54, 1.807) is 13.3 Å². The lowest BCUT2D eigenvalue weighted by Gasteiger charge is -2.08. The van der Waals surface area contributed by atoms with Crippen molar-refractivity contribution in [2.24, 2.45) is 0 Å². The summed E-state index contributed by atoms with van der Waals surface area (Å²) in [5.74, 6) is 1.49. The fraction of sp³-hybridized carbons (Fsp3) is 0.105. The molecule has 0 saturated heterocycles. The predicted molar refractivity (Wildman–Crippen MR) is 92.5 cm³/mol. The van der Waals surface area contributed by atoms with E-state index < -0.39 is 0 Å². The van der Waals surface area contributed by atoms with Gasteiger partial charge in [0.15, 0.2) is 5.69 Å². The molecule has 5 heteroatoms. The molecule has 1 aromatic heterocycles. The molecule has 0 aliphatic heterocycles. The number of hydrogen-bond donors (Lipinski definition) is 1. The fourth-order valence-corrected chi connectivity index (χ4v) is 2.29. The quantitative estimate of drug-likeness (QED) is 0.778. The Morgan fingerprint density at radius 1 is 1.04 bits per heavy atom. The Kier molecular flexibility index (Phi) is 4.68. The third-order valence-corrected chi connectivity index (χ3v) is 3.60. The van der Waals surface area contributed by atoms with E-state index in [0.717, 1.165) is 22.4 Å². The van der Waals surface area contributed by atoms with E-state index in [1.807, 2.05) is 24.3 Å². The molecule has 3 aromatic rings. The van der Waals surface area contributed by atoms with E-state index in [0.29, 0.717) is 18.1 Å². The van der Waals surface area contributed by atoms with Crippen LogP contribution in [0.2, 0.25) is 0 Å². The van der Waals surface area contributed by atoms with E-state index >= 15 is 0 Å². The van der Waals surface area contributed by atoms with Crippen molar-refractivity contribution in [3.63, 3.8) is 0 Å². The molecule has 0 atom stereocenters. The van der Waals surface area contributed by atoms with Crippen molar-refractivity contribution in [2.75, 3.05) is 12.4 Å². The number of rotatable bonds is 5. The molecular formula is C19H16N4O. The molecule has 118 valence electrons. The van der Waals surface area contributed by atoms with Crippen LogP contribution in [-0.2, 0) is 6.54 Å². The van der Waals surface area contributed by atoms with Crippen molar-refractivity contribution in [3.8, 4) is 22.9 Å². The number of nitriles is 1. The van der Waals surface area contributed by atoms with Gasteiger partial charge in [0.2, 0.25) is 0 Å². The maximum atomic E-state index is 8.71. The summed E-state index contributed by atoms with van der Waals surface area (Å²) in [6.45, 7) is 0.638. The van der Waals surface area contributed by atoms with Crippen LogP contribution in [0.25, 0.3) is 11.1 Å². The molecule has 0 unspecified atom stereocenters. The maximum Gasteiger partial charge on any atom is 0.158 e. The standard InChI is InChI=1S/C19H16N4O/c1-24-18-4-2-3-16(9-18)15-7-5-14(6-8-15)11-22-19-13-21-17(10-20)12-23-19/h2-9,12-13H,11H2,1H3,(H,22,23). The highest BCUT2D eigenvalue weighted by Crippen LogP contribution is 2.24. The van der Waals surface area contributed by atoms with Crippen molar-refractivity contribution >= 4 is 5.82 Å². The summed E-state index contributed by atoms with van der Waals surface area (Å²) in [7, 11) is 1.67. The summed E-state index contributed by atoms with van der Waals surface area (Å²) < 4.78 is 5.26. The number of ether oxygens (including phenoxy) is 1. The number of nitrogens with one attached hydrogen (secondary N) is 1. The molecule has 24 heavy (non-hydrogen) atoms. The molecule has 3 rings (SSSR count). The summed E-state index contributed by atoms with van der Waals surface area (Å²) in [4.78, 5) is 8.12. The zero-order valence-electron chi connectivity index (χ0n) is 13.2. The van der Waals surface area contributed by atoms with Gasteiger partial charge in [-0.05, 0) is 28.8 Å². The number of methoxy groups -OCH3 is 1. The van der Waals surface area contributed by atoms with Crippen LogP contribution in [0.3, 0.4) is 0 Å². The first-order chi connectivity index (χ1) is 11.8. The van der Waals surface area contributed by atoms with E-state index in [4.69, 9.17) is 10.00 Å². The van der Waals surface area contributed by atoms with Crippen LogP contribution in [0.4, 0.5) is 5.82 Å². The average molecular weight is 316 g/mol. The molecule has 0 aliphatic rings. The van der Waals surface area contributed by atoms with Gasteiger partial charge in [-0.3, -0.25) is 0 Å². The molecular weight excluding hydrogens is 300 g/mol. The first-order valence-corrected chi connectivity index (χ1v) is 7.48. The van der Waals surface area contributed by atoms with Crippen LogP contribution in [0.1, 0.15) is 11.3 Å². The highest BCUT2D eigenvalue weighted by Gasteiger charge is 2.01. The molecule has 0 bridgehead atoms. The van der Waals surface area contributed by atoms with Crippen LogP contribution in [0, 0.1) is 11.3 Å². The normalized spacial score (nSPS) is 10.0. The lowest BCUT2D eigenvalue weighted by atomic mass is 10.0. The molecule has 1 heterocycles. The minimum absolute atomic E-state index is 0.309. The molecule has 0 amide bonds. The highest BCUT2D eigenvalue weighted by molar-refractivity contribution is 5.65. The smallest absolute Gasteiger partial charge is 0.158 e. The molecule has 0 radical (unpaired) electrons. The second kappa shape index (κ2) is 7.25. The van der Waals surface area contributed by atoms with E-state index in [9.17, 15) is 0 Å². The molecule has 0 aliphatic carbocycles. The largest absolute Gasteiger partial charge is 0.497 e. The Labute approximate surface area is 140 Å². The SMILES string of the molecule is COc1cccc(-c2ccc(CNc3cnc(C#N)cn3)cc2)c1. The van der Waals surface area contributed by atoms with Gasteiger partial charge >= 0.3 is 0 Å². The van der Waals surface area contributed by atoms with Gasteiger partial charge in [0.05, 0.1) is 19.5 Å². The van der Waals surface area contributed by atoms with Crippen molar-refractivity contribution in [1.29, 1.82) is 5.26 Å². The number of hydrogen-bond acceptors (Lipinski definition) is 5. The highest BCUT2D eigenvalue weighted by atomic mass is 16.5. The second-order valence-corrected chi connectivity index (χ2v) is 5.18. The van der Waals surface area contributed by atoms with Gasteiger partial charge in [0, 0.05) is 6.54 Å². The Hall–Kier alpha value is -3.39. The second-order valence-electron chi connectivity index (χ2n) is 5.18.